The van der Waals surface area contributed by atoms with Crippen molar-refractivity contribution < 1.29 is 14.6 Å². The molecular weight excluding hydrogens is 244 g/mol. The van der Waals surface area contributed by atoms with Gasteiger partial charge in [-0.1, -0.05) is 18.2 Å². The lowest BCUT2D eigenvalue weighted by molar-refractivity contribution is -0.137. The van der Waals surface area contributed by atoms with Gasteiger partial charge in [0.25, 0.3) is 0 Å². The van der Waals surface area contributed by atoms with Crippen molar-refractivity contribution in [3.8, 4) is 11.6 Å². The Morgan fingerprint density at radius 3 is 2.79 bits per heavy atom. The monoisotopic (exact) mass is 260 g/mol. The van der Waals surface area contributed by atoms with Crippen LogP contribution in [0.1, 0.15) is 18.4 Å². The number of hydrogen-bond donors (Lipinski definition) is 1. The van der Waals surface area contributed by atoms with Gasteiger partial charge in [-0.05, 0) is 25.5 Å². The molecule has 0 aliphatic carbocycles. The molecule has 0 saturated carbocycles. The zero-order chi connectivity index (χ0) is 13.7. The van der Waals surface area contributed by atoms with E-state index in [1.807, 2.05) is 43.5 Å². The first-order valence-corrected chi connectivity index (χ1v) is 6.13. The lowest BCUT2D eigenvalue weighted by atomic mass is 10.3. The van der Waals surface area contributed by atoms with Crippen molar-refractivity contribution in [2.45, 2.75) is 19.8 Å². The van der Waals surface area contributed by atoms with E-state index in [2.05, 4.69) is 5.10 Å². The van der Waals surface area contributed by atoms with Crippen LogP contribution in [-0.4, -0.2) is 27.5 Å². The molecule has 0 unspecified atom stereocenters. The third-order valence-corrected chi connectivity index (χ3v) is 2.65. The molecule has 1 heterocycles. The van der Waals surface area contributed by atoms with E-state index in [4.69, 9.17) is 9.84 Å². The molecule has 0 aliphatic rings. The summed E-state index contributed by atoms with van der Waals surface area (Å²) in [5.41, 5.74) is 1.89. The molecule has 1 N–H and O–H groups in total. The second-order valence-corrected chi connectivity index (χ2v) is 4.24. The summed E-state index contributed by atoms with van der Waals surface area (Å²) in [6.07, 6.45) is 2.48. The summed E-state index contributed by atoms with van der Waals surface area (Å²) < 4.78 is 7.25. The van der Waals surface area contributed by atoms with Gasteiger partial charge in [-0.15, -0.1) is 5.10 Å². The molecule has 0 fully saturated rings. The van der Waals surface area contributed by atoms with Crippen LogP contribution in [0.5, 0.6) is 5.88 Å². The number of carboxylic acids is 1. The van der Waals surface area contributed by atoms with E-state index in [0.717, 1.165) is 11.3 Å². The lowest BCUT2D eigenvalue weighted by Crippen LogP contribution is -2.03. The summed E-state index contributed by atoms with van der Waals surface area (Å²) in [7, 11) is 0. The average Bonchev–Trinajstić information content (AvgIpc) is 2.77. The van der Waals surface area contributed by atoms with Crippen LogP contribution >= 0.6 is 0 Å². The maximum absolute atomic E-state index is 10.4. The summed E-state index contributed by atoms with van der Waals surface area (Å²) in [6.45, 7) is 2.28. The standard InChI is InChI=1S/C14H16N2O3/c1-11-10-16(12-6-3-2-4-7-12)15-14(11)19-9-5-8-13(17)18/h2-4,6-7,10H,5,8-9H2,1H3,(H,17,18). The molecule has 0 radical (unpaired) electrons. The highest BCUT2D eigenvalue weighted by Gasteiger charge is 2.07. The number of aliphatic carboxylic acids is 1. The number of hydrogen-bond acceptors (Lipinski definition) is 3. The molecule has 0 amide bonds. The fourth-order valence-corrected chi connectivity index (χ4v) is 1.69. The van der Waals surface area contributed by atoms with Crippen LogP contribution in [-0.2, 0) is 4.79 Å². The zero-order valence-electron chi connectivity index (χ0n) is 10.7. The van der Waals surface area contributed by atoms with Crippen molar-refractivity contribution in [1.82, 2.24) is 9.78 Å². The largest absolute Gasteiger partial charge is 0.481 e. The third kappa shape index (κ3) is 3.58. The summed E-state index contributed by atoms with van der Waals surface area (Å²) in [5.74, 6) is -0.260. The van der Waals surface area contributed by atoms with Crippen molar-refractivity contribution in [1.29, 1.82) is 0 Å². The van der Waals surface area contributed by atoms with E-state index in [1.54, 1.807) is 4.68 Å². The van der Waals surface area contributed by atoms with Crippen molar-refractivity contribution in [3.05, 3.63) is 42.1 Å². The lowest BCUT2D eigenvalue weighted by Gasteiger charge is -2.02. The van der Waals surface area contributed by atoms with Gasteiger partial charge in [0, 0.05) is 18.2 Å². The van der Waals surface area contributed by atoms with E-state index in [1.165, 1.54) is 0 Å². The predicted molar refractivity (Wildman–Crippen MR) is 70.7 cm³/mol. The van der Waals surface area contributed by atoms with Gasteiger partial charge >= 0.3 is 5.97 Å². The molecule has 0 saturated heterocycles. The Bertz CT molecular complexity index is 549. The summed E-state index contributed by atoms with van der Waals surface area (Å²) in [6, 6.07) is 9.75. The Morgan fingerprint density at radius 2 is 2.11 bits per heavy atom. The van der Waals surface area contributed by atoms with Gasteiger partial charge in [-0.25, -0.2) is 4.68 Å². The maximum atomic E-state index is 10.4. The predicted octanol–water partition coefficient (Wildman–Crippen LogP) is 2.42. The van der Waals surface area contributed by atoms with Crippen LogP contribution in [0, 0.1) is 6.92 Å². The fraction of sp³-hybridized carbons (Fsp3) is 0.286. The Kier molecular flexibility index (Phi) is 4.18. The van der Waals surface area contributed by atoms with E-state index < -0.39 is 5.97 Å². The van der Waals surface area contributed by atoms with Crippen molar-refractivity contribution in [3.63, 3.8) is 0 Å². The first-order valence-electron chi connectivity index (χ1n) is 6.13. The first kappa shape index (κ1) is 13.1. The van der Waals surface area contributed by atoms with Gasteiger partial charge in [0.05, 0.1) is 12.3 Å². The molecule has 5 nitrogen and oxygen atoms in total. The second-order valence-electron chi connectivity index (χ2n) is 4.24. The smallest absolute Gasteiger partial charge is 0.303 e. The minimum atomic E-state index is -0.810. The van der Waals surface area contributed by atoms with Crippen LogP contribution in [0.3, 0.4) is 0 Å². The zero-order valence-corrected chi connectivity index (χ0v) is 10.7. The van der Waals surface area contributed by atoms with Crippen LogP contribution in [0.4, 0.5) is 0 Å². The van der Waals surface area contributed by atoms with E-state index >= 15 is 0 Å². The molecule has 2 rings (SSSR count). The van der Waals surface area contributed by atoms with Crippen LogP contribution in [0.2, 0.25) is 0 Å². The highest BCUT2D eigenvalue weighted by atomic mass is 16.5. The minimum Gasteiger partial charge on any atom is -0.481 e. The highest BCUT2D eigenvalue weighted by Crippen LogP contribution is 2.17. The molecule has 1 aromatic heterocycles. The quantitative estimate of drug-likeness (QED) is 0.810. The highest BCUT2D eigenvalue weighted by molar-refractivity contribution is 5.66. The average molecular weight is 260 g/mol. The summed E-state index contributed by atoms with van der Waals surface area (Å²) in [5, 5.41) is 12.9. The number of aromatic nitrogens is 2. The van der Waals surface area contributed by atoms with Gasteiger partial charge in [-0.3, -0.25) is 4.79 Å². The molecule has 1 aromatic carbocycles. The van der Waals surface area contributed by atoms with E-state index in [9.17, 15) is 4.79 Å². The molecule has 0 spiro atoms. The van der Waals surface area contributed by atoms with E-state index in [0.29, 0.717) is 18.9 Å². The number of para-hydroxylation sites is 1. The number of nitrogens with zero attached hydrogens (tertiary/aromatic N) is 2. The number of aryl methyl sites for hydroxylation is 1. The Labute approximate surface area is 111 Å². The molecule has 0 bridgehead atoms. The van der Waals surface area contributed by atoms with Gasteiger partial charge in [0.2, 0.25) is 5.88 Å². The van der Waals surface area contributed by atoms with Gasteiger partial charge < -0.3 is 9.84 Å². The molecule has 2 aromatic rings. The molecule has 19 heavy (non-hydrogen) atoms. The molecular formula is C14H16N2O3. The molecule has 0 aliphatic heterocycles. The number of benzene rings is 1. The van der Waals surface area contributed by atoms with Crippen LogP contribution in [0.15, 0.2) is 36.5 Å². The van der Waals surface area contributed by atoms with Gasteiger partial charge in [0.15, 0.2) is 0 Å². The topological polar surface area (TPSA) is 64.4 Å². The number of ether oxygens (including phenoxy) is 1. The van der Waals surface area contributed by atoms with Crippen molar-refractivity contribution in [2.75, 3.05) is 6.61 Å². The normalized spacial score (nSPS) is 10.4. The Balaban J connectivity index is 1.99. The summed E-state index contributed by atoms with van der Waals surface area (Å²) >= 11 is 0. The molecule has 5 heteroatoms. The van der Waals surface area contributed by atoms with Crippen molar-refractivity contribution >= 4 is 5.97 Å². The van der Waals surface area contributed by atoms with Gasteiger partial charge in [-0.2, -0.15) is 0 Å². The third-order valence-electron chi connectivity index (χ3n) is 2.65. The Morgan fingerprint density at radius 1 is 1.37 bits per heavy atom. The minimum absolute atomic E-state index is 0.110. The summed E-state index contributed by atoms with van der Waals surface area (Å²) in [4.78, 5) is 10.4. The van der Waals surface area contributed by atoms with Gasteiger partial charge in [0.1, 0.15) is 0 Å². The first-order chi connectivity index (χ1) is 9.16. The number of rotatable bonds is 6. The number of carboxylic acid groups (broad SMARTS) is 1. The fourth-order valence-electron chi connectivity index (χ4n) is 1.69. The van der Waals surface area contributed by atoms with Crippen molar-refractivity contribution in [2.24, 2.45) is 0 Å². The van der Waals surface area contributed by atoms with Crippen LogP contribution < -0.4 is 4.74 Å². The SMILES string of the molecule is Cc1cn(-c2ccccc2)nc1OCCCC(=O)O. The van der Waals surface area contributed by atoms with E-state index in [-0.39, 0.29) is 6.42 Å². The Hall–Kier alpha value is -2.30. The molecule has 100 valence electrons. The number of carbonyl (C=O) groups is 1. The second kappa shape index (κ2) is 6.04. The molecule has 0 atom stereocenters. The van der Waals surface area contributed by atoms with Crippen LogP contribution in [0.25, 0.3) is 5.69 Å². The maximum Gasteiger partial charge on any atom is 0.303 e.